The Labute approximate surface area is 125 Å². The molecule has 2 aromatic carbocycles. The van der Waals surface area contributed by atoms with Crippen molar-refractivity contribution < 1.29 is 0 Å². The SMILES string of the molecule is c1ccc(SCCNCc2cccc3c2NCC3)cc1. The number of hydrogen-bond donors (Lipinski definition) is 2. The predicted molar refractivity (Wildman–Crippen MR) is 87.5 cm³/mol. The lowest BCUT2D eigenvalue weighted by Gasteiger charge is -2.10. The highest BCUT2D eigenvalue weighted by atomic mass is 32.2. The summed E-state index contributed by atoms with van der Waals surface area (Å²) in [7, 11) is 0. The Morgan fingerprint density at radius 3 is 2.85 bits per heavy atom. The molecule has 3 rings (SSSR count). The van der Waals surface area contributed by atoms with E-state index in [1.54, 1.807) is 0 Å². The zero-order chi connectivity index (χ0) is 13.6. The van der Waals surface area contributed by atoms with Crippen molar-refractivity contribution in [3.63, 3.8) is 0 Å². The predicted octanol–water partition coefficient (Wildman–Crippen LogP) is 3.54. The largest absolute Gasteiger partial charge is 0.384 e. The van der Waals surface area contributed by atoms with Gasteiger partial charge in [-0.05, 0) is 29.7 Å². The first-order valence-electron chi connectivity index (χ1n) is 7.17. The van der Waals surface area contributed by atoms with Crippen LogP contribution in [0.5, 0.6) is 0 Å². The second kappa shape index (κ2) is 6.82. The molecule has 2 nitrogen and oxygen atoms in total. The van der Waals surface area contributed by atoms with Gasteiger partial charge in [-0.2, -0.15) is 0 Å². The van der Waals surface area contributed by atoms with Crippen LogP contribution in [0.4, 0.5) is 5.69 Å². The molecule has 2 N–H and O–H groups in total. The molecule has 2 aromatic rings. The first kappa shape index (κ1) is 13.5. The fourth-order valence-electron chi connectivity index (χ4n) is 2.54. The molecule has 1 aliphatic heterocycles. The van der Waals surface area contributed by atoms with Crippen LogP contribution in [0.2, 0.25) is 0 Å². The summed E-state index contributed by atoms with van der Waals surface area (Å²) in [5.41, 5.74) is 4.21. The van der Waals surface area contributed by atoms with Crippen molar-refractivity contribution in [2.75, 3.05) is 24.2 Å². The molecule has 3 heteroatoms. The number of anilines is 1. The summed E-state index contributed by atoms with van der Waals surface area (Å²) in [6, 6.07) is 17.2. The van der Waals surface area contributed by atoms with Crippen molar-refractivity contribution in [2.45, 2.75) is 17.9 Å². The van der Waals surface area contributed by atoms with Gasteiger partial charge in [-0.1, -0.05) is 36.4 Å². The Bertz CT molecular complexity index is 554. The number of thioether (sulfide) groups is 1. The minimum Gasteiger partial charge on any atom is -0.384 e. The standard InChI is InChI=1S/C17H20N2S/c1-2-7-16(8-3-1)20-12-11-18-13-15-6-4-5-14-9-10-19-17(14)15/h1-8,18-19H,9-13H2. The van der Waals surface area contributed by atoms with E-state index in [9.17, 15) is 0 Å². The fourth-order valence-corrected chi connectivity index (χ4v) is 3.37. The van der Waals surface area contributed by atoms with Crippen LogP contribution in [0, 0.1) is 0 Å². The lowest BCUT2D eigenvalue weighted by molar-refractivity contribution is 0.733. The van der Waals surface area contributed by atoms with Crippen LogP contribution in [0.1, 0.15) is 11.1 Å². The summed E-state index contributed by atoms with van der Waals surface area (Å²) in [4.78, 5) is 1.34. The van der Waals surface area contributed by atoms with Gasteiger partial charge < -0.3 is 10.6 Å². The molecule has 0 amide bonds. The van der Waals surface area contributed by atoms with Crippen molar-refractivity contribution in [3.8, 4) is 0 Å². The molecule has 0 saturated heterocycles. The first-order chi connectivity index (χ1) is 9.93. The molecule has 0 unspecified atom stereocenters. The third-order valence-corrected chi connectivity index (χ3v) is 4.55. The van der Waals surface area contributed by atoms with Gasteiger partial charge in [-0.3, -0.25) is 0 Å². The van der Waals surface area contributed by atoms with Crippen LogP contribution in [0.25, 0.3) is 0 Å². The molecular weight excluding hydrogens is 264 g/mol. The van der Waals surface area contributed by atoms with Crippen LogP contribution in [-0.2, 0) is 13.0 Å². The Morgan fingerprint density at radius 2 is 1.95 bits per heavy atom. The van der Waals surface area contributed by atoms with Crippen molar-refractivity contribution in [1.82, 2.24) is 5.32 Å². The number of para-hydroxylation sites is 1. The monoisotopic (exact) mass is 284 g/mol. The van der Waals surface area contributed by atoms with E-state index in [-0.39, 0.29) is 0 Å². The van der Waals surface area contributed by atoms with Crippen LogP contribution in [-0.4, -0.2) is 18.8 Å². The van der Waals surface area contributed by atoms with Gasteiger partial charge in [-0.25, -0.2) is 0 Å². The summed E-state index contributed by atoms with van der Waals surface area (Å²) >= 11 is 1.90. The van der Waals surface area contributed by atoms with E-state index in [4.69, 9.17) is 0 Å². The minimum atomic E-state index is 0.950. The molecule has 1 aliphatic rings. The van der Waals surface area contributed by atoms with Crippen molar-refractivity contribution in [3.05, 3.63) is 59.7 Å². The number of nitrogens with one attached hydrogen (secondary N) is 2. The van der Waals surface area contributed by atoms with Crippen molar-refractivity contribution >= 4 is 17.4 Å². The maximum absolute atomic E-state index is 3.54. The van der Waals surface area contributed by atoms with Gasteiger partial charge in [-0.15, -0.1) is 11.8 Å². The van der Waals surface area contributed by atoms with Crippen LogP contribution in [0.3, 0.4) is 0 Å². The van der Waals surface area contributed by atoms with E-state index in [1.807, 2.05) is 11.8 Å². The molecular formula is C17H20N2S. The van der Waals surface area contributed by atoms with Crippen LogP contribution in [0.15, 0.2) is 53.4 Å². The van der Waals surface area contributed by atoms with Gasteiger partial charge >= 0.3 is 0 Å². The molecule has 0 fully saturated rings. The Kier molecular flexibility index (Phi) is 4.61. The summed E-state index contributed by atoms with van der Waals surface area (Å²) < 4.78 is 0. The molecule has 0 bridgehead atoms. The van der Waals surface area contributed by atoms with Gasteiger partial charge in [0.05, 0.1) is 0 Å². The highest BCUT2D eigenvalue weighted by molar-refractivity contribution is 7.99. The van der Waals surface area contributed by atoms with E-state index in [1.165, 1.54) is 21.7 Å². The van der Waals surface area contributed by atoms with Gasteiger partial charge in [0.2, 0.25) is 0 Å². The maximum atomic E-state index is 3.54. The molecule has 0 radical (unpaired) electrons. The summed E-state index contributed by atoms with van der Waals surface area (Å²) in [5, 5.41) is 7.03. The van der Waals surface area contributed by atoms with Gasteiger partial charge in [0.25, 0.3) is 0 Å². The Balaban J connectivity index is 1.43. The molecule has 20 heavy (non-hydrogen) atoms. The average molecular weight is 284 g/mol. The van der Waals surface area contributed by atoms with E-state index in [2.05, 4.69) is 59.2 Å². The number of rotatable bonds is 6. The molecule has 0 atom stereocenters. The highest BCUT2D eigenvalue weighted by Crippen LogP contribution is 2.26. The minimum absolute atomic E-state index is 0.950. The van der Waals surface area contributed by atoms with Crippen molar-refractivity contribution in [2.24, 2.45) is 0 Å². The van der Waals surface area contributed by atoms with Gasteiger partial charge in [0.1, 0.15) is 0 Å². The normalized spacial score (nSPS) is 13.0. The van der Waals surface area contributed by atoms with E-state index in [0.717, 1.165) is 31.8 Å². The maximum Gasteiger partial charge on any atom is 0.0419 e. The molecule has 104 valence electrons. The van der Waals surface area contributed by atoms with E-state index < -0.39 is 0 Å². The Morgan fingerprint density at radius 1 is 1.05 bits per heavy atom. The van der Waals surface area contributed by atoms with Gasteiger partial charge in [0, 0.05) is 36.0 Å². The van der Waals surface area contributed by atoms with Gasteiger partial charge in [0.15, 0.2) is 0 Å². The third-order valence-electron chi connectivity index (χ3n) is 3.54. The highest BCUT2D eigenvalue weighted by Gasteiger charge is 2.12. The van der Waals surface area contributed by atoms with Crippen LogP contribution >= 0.6 is 11.8 Å². The van der Waals surface area contributed by atoms with E-state index >= 15 is 0 Å². The van der Waals surface area contributed by atoms with E-state index in [0.29, 0.717) is 0 Å². The second-order valence-electron chi connectivity index (χ2n) is 4.97. The van der Waals surface area contributed by atoms with Crippen molar-refractivity contribution in [1.29, 1.82) is 0 Å². The number of fused-ring (bicyclic) bond motifs is 1. The number of hydrogen-bond acceptors (Lipinski definition) is 3. The Hall–Kier alpha value is -1.45. The molecule has 0 saturated carbocycles. The first-order valence-corrected chi connectivity index (χ1v) is 8.15. The summed E-state index contributed by atoms with van der Waals surface area (Å²) in [6.45, 7) is 3.06. The topological polar surface area (TPSA) is 24.1 Å². The zero-order valence-corrected chi connectivity index (χ0v) is 12.4. The van der Waals surface area contributed by atoms with Crippen LogP contribution < -0.4 is 10.6 Å². The smallest absolute Gasteiger partial charge is 0.0419 e. The molecule has 0 aromatic heterocycles. The summed E-state index contributed by atoms with van der Waals surface area (Å²) in [5.74, 6) is 1.10. The third kappa shape index (κ3) is 3.35. The average Bonchev–Trinajstić information content (AvgIpc) is 2.97. The lowest BCUT2D eigenvalue weighted by atomic mass is 10.1. The summed E-state index contributed by atoms with van der Waals surface area (Å²) in [6.07, 6.45) is 1.16. The fraction of sp³-hybridized carbons (Fsp3) is 0.294. The molecule has 1 heterocycles. The second-order valence-corrected chi connectivity index (χ2v) is 6.13. The lowest BCUT2D eigenvalue weighted by Crippen LogP contribution is -2.17. The quantitative estimate of drug-likeness (QED) is 0.627. The zero-order valence-electron chi connectivity index (χ0n) is 11.6. The molecule has 0 spiro atoms. The number of benzene rings is 2. The molecule has 0 aliphatic carbocycles.